The molecular weight excluding hydrogens is 301 g/mol. The number of aromatic nitrogens is 3. The maximum absolute atomic E-state index is 12.1. The molecule has 0 atom stereocenters. The first-order chi connectivity index (χ1) is 9.63. The van der Waals surface area contributed by atoms with Gasteiger partial charge in [-0.05, 0) is 18.2 Å². The predicted octanol–water partition coefficient (Wildman–Crippen LogP) is 1.98. The second kappa shape index (κ2) is 5.40. The molecule has 3 rings (SSSR count). The molecule has 1 aliphatic rings. The van der Waals surface area contributed by atoms with Crippen molar-refractivity contribution in [3.63, 3.8) is 0 Å². The van der Waals surface area contributed by atoms with Gasteiger partial charge in [0.05, 0.1) is 22.9 Å². The molecule has 1 aromatic carbocycles. The van der Waals surface area contributed by atoms with Gasteiger partial charge in [-0.25, -0.2) is 4.68 Å². The van der Waals surface area contributed by atoms with Gasteiger partial charge in [-0.2, -0.15) is 0 Å². The van der Waals surface area contributed by atoms with Gasteiger partial charge in [0, 0.05) is 18.1 Å². The third kappa shape index (κ3) is 2.63. The molecular formula is C12H11Cl2N5O. The van der Waals surface area contributed by atoms with E-state index in [0.717, 1.165) is 13.1 Å². The average molecular weight is 312 g/mol. The summed E-state index contributed by atoms with van der Waals surface area (Å²) in [6, 6.07) is 5.12. The van der Waals surface area contributed by atoms with Crippen molar-refractivity contribution in [2.45, 2.75) is 6.04 Å². The van der Waals surface area contributed by atoms with Crippen molar-refractivity contribution in [3.8, 4) is 0 Å². The summed E-state index contributed by atoms with van der Waals surface area (Å²) in [6.45, 7) is 1.68. The topological polar surface area (TPSA) is 71.8 Å². The van der Waals surface area contributed by atoms with Crippen molar-refractivity contribution < 1.29 is 4.79 Å². The van der Waals surface area contributed by atoms with Crippen LogP contribution < -0.4 is 10.6 Å². The molecule has 104 valence electrons. The van der Waals surface area contributed by atoms with Gasteiger partial charge in [-0.1, -0.05) is 28.4 Å². The highest BCUT2D eigenvalue weighted by Crippen LogP contribution is 2.25. The van der Waals surface area contributed by atoms with E-state index in [-0.39, 0.29) is 17.6 Å². The summed E-state index contributed by atoms with van der Waals surface area (Å²) in [5, 5.41) is 14.5. The molecule has 1 fully saturated rings. The molecule has 1 aromatic heterocycles. The van der Waals surface area contributed by atoms with Gasteiger partial charge in [0.25, 0.3) is 5.91 Å². The lowest BCUT2D eigenvalue weighted by Gasteiger charge is -2.26. The fourth-order valence-electron chi connectivity index (χ4n) is 1.80. The van der Waals surface area contributed by atoms with Crippen LogP contribution in [0.5, 0.6) is 0 Å². The number of amides is 1. The number of rotatable bonds is 3. The lowest BCUT2D eigenvalue weighted by Crippen LogP contribution is -2.43. The smallest absolute Gasteiger partial charge is 0.277 e. The van der Waals surface area contributed by atoms with Crippen molar-refractivity contribution in [1.82, 2.24) is 20.3 Å². The summed E-state index contributed by atoms with van der Waals surface area (Å²) in [4.78, 5) is 12.1. The van der Waals surface area contributed by atoms with E-state index in [0.29, 0.717) is 15.7 Å². The van der Waals surface area contributed by atoms with E-state index in [1.807, 2.05) is 0 Å². The third-order valence-corrected chi connectivity index (χ3v) is 3.62. The molecule has 0 saturated carbocycles. The summed E-state index contributed by atoms with van der Waals surface area (Å²) >= 11 is 11.9. The van der Waals surface area contributed by atoms with Crippen molar-refractivity contribution in [2.24, 2.45) is 0 Å². The lowest BCUT2D eigenvalue weighted by atomic mass is 10.2. The second-order valence-corrected chi connectivity index (χ2v) is 5.32. The number of nitrogens with zero attached hydrogens (tertiary/aromatic N) is 3. The Morgan fingerprint density at radius 3 is 2.90 bits per heavy atom. The van der Waals surface area contributed by atoms with Gasteiger partial charge in [0.2, 0.25) is 0 Å². The van der Waals surface area contributed by atoms with Crippen LogP contribution in [0.25, 0.3) is 0 Å². The molecule has 1 saturated heterocycles. The Labute approximate surface area is 125 Å². The van der Waals surface area contributed by atoms with Crippen molar-refractivity contribution in [1.29, 1.82) is 0 Å². The lowest BCUT2D eigenvalue weighted by molar-refractivity contribution is 0.102. The maximum atomic E-state index is 12.1. The number of hydrogen-bond acceptors (Lipinski definition) is 4. The third-order valence-electron chi connectivity index (χ3n) is 3.05. The highest BCUT2D eigenvalue weighted by molar-refractivity contribution is 6.35. The maximum Gasteiger partial charge on any atom is 0.277 e. The minimum Gasteiger partial charge on any atom is -0.319 e. The van der Waals surface area contributed by atoms with Gasteiger partial charge < -0.3 is 10.6 Å². The van der Waals surface area contributed by atoms with Gasteiger partial charge >= 0.3 is 0 Å². The first-order valence-electron chi connectivity index (χ1n) is 6.02. The molecule has 6 nitrogen and oxygen atoms in total. The molecule has 0 aliphatic carbocycles. The summed E-state index contributed by atoms with van der Waals surface area (Å²) in [6.07, 6.45) is 1.62. The number of carbonyl (C=O) groups is 1. The van der Waals surface area contributed by atoms with Crippen LogP contribution >= 0.6 is 23.2 Å². The van der Waals surface area contributed by atoms with E-state index < -0.39 is 0 Å². The number of hydrogen-bond donors (Lipinski definition) is 2. The Kier molecular flexibility index (Phi) is 3.60. The largest absolute Gasteiger partial charge is 0.319 e. The molecule has 20 heavy (non-hydrogen) atoms. The molecule has 0 bridgehead atoms. The van der Waals surface area contributed by atoms with Crippen molar-refractivity contribution in [2.75, 3.05) is 18.4 Å². The predicted molar refractivity (Wildman–Crippen MR) is 76.3 cm³/mol. The minimum atomic E-state index is -0.368. The van der Waals surface area contributed by atoms with Crippen LogP contribution in [0.4, 0.5) is 5.69 Å². The zero-order valence-electron chi connectivity index (χ0n) is 10.3. The van der Waals surface area contributed by atoms with E-state index in [4.69, 9.17) is 23.2 Å². The number of benzene rings is 1. The summed E-state index contributed by atoms with van der Waals surface area (Å²) in [5.41, 5.74) is 0.692. The van der Waals surface area contributed by atoms with Crippen LogP contribution in [0.3, 0.4) is 0 Å². The zero-order valence-corrected chi connectivity index (χ0v) is 11.8. The van der Waals surface area contributed by atoms with Gasteiger partial charge in [-0.15, -0.1) is 5.10 Å². The summed E-state index contributed by atoms with van der Waals surface area (Å²) in [7, 11) is 0. The summed E-state index contributed by atoms with van der Waals surface area (Å²) in [5.74, 6) is -0.368. The molecule has 1 aliphatic heterocycles. The van der Waals surface area contributed by atoms with Crippen molar-refractivity contribution >= 4 is 34.8 Å². The van der Waals surface area contributed by atoms with Crippen LogP contribution in [-0.4, -0.2) is 34.0 Å². The minimum absolute atomic E-state index is 0.243. The SMILES string of the molecule is O=C(Nc1cc(Cl)ccc1Cl)c1cn(C2CNC2)nn1. The first kappa shape index (κ1) is 13.4. The van der Waals surface area contributed by atoms with Crippen LogP contribution in [-0.2, 0) is 0 Å². The monoisotopic (exact) mass is 311 g/mol. The van der Waals surface area contributed by atoms with Crippen LogP contribution in [0.1, 0.15) is 16.5 Å². The normalized spacial score (nSPS) is 14.9. The fourth-order valence-corrected chi connectivity index (χ4v) is 2.14. The van der Waals surface area contributed by atoms with Crippen LogP contribution in [0.15, 0.2) is 24.4 Å². The quantitative estimate of drug-likeness (QED) is 0.909. The molecule has 0 radical (unpaired) electrons. The van der Waals surface area contributed by atoms with Crippen LogP contribution in [0, 0.1) is 0 Å². The molecule has 2 heterocycles. The Morgan fingerprint density at radius 2 is 2.20 bits per heavy atom. The van der Waals surface area contributed by atoms with E-state index in [2.05, 4.69) is 20.9 Å². The van der Waals surface area contributed by atoms with E-state index >= 15 is 0 Å². The highest BCUT2D eigenvalue weighted by atomic mass is 35.5. The van der Waals surface area contributed by atoms with Crippen LogP contribution in [0.2, 0.25) is 10.0 Å². The number of carbonyl (C=O) groups excluding carboxylic acids is 1. The second-order valence-electron chi connectivity index (χ2n) is 4.47. The molecule has 2 N–H and O–H groups in total. The Morgan fingerprint density at radius 1 is 1.40 bits per heavy atom. The van der Waals surface area contributed by atoms with Gasteiger partial charge in [0.15, 0.2) is 5.69 Å². The number of nitrogens with one attached hydrogen (secondary N) is 2. The first-order valence-corrected chi connectivity index (χ1v) is 6.78. The van der Waals surface area contributed by atoms with Crippen molar-refractivity contribution in [3.05, 3.63) is 40.1 Å². The number of halogens is 2. The standard InChI is InChI=1S/C12H11Cl2N5O/c13-7-1-2-9(14)10(3-7)16-12(20)11-6-19(18-17-11)8-4-15-5-8/h1-3,6,8,15H,4-5H2,(H,16,20). The number of anilines is 1. The Bertz CT molecular complexity index is 653. The molecule has 0 spiro atoms. The highest BCUT2D eigenvalue weighted by Gasteiger charge is 2.21. The Balaban J connectivity index is 1.75. The Hall–Kier alpha value is -1.63. The average Bonchev–Trinajstić information content (AvgIpc) is 2.81. The molecule has 1 amide bonds. The molecule has 8 heteroatoms. The van der Waals surface area contributed by atoms with E-state index in [1.165, 1.54) is 0 Å². The van der Waals surface area contributed by atoms with Gasteiger partial charge in [0.1, 0.15) is 0 Å². The van der Waals surface area contributed by atoms with Gasteiger partial charge in [-0.3, -0.25) is 4.79 Å². The summed E-state index contributed by atoms with van der Waals surface area (Å²) < 4.78 is 1.69. The fraction of sp³-hybridized carbons (Fsp3) is 0.250. The van der Waals surface area contributed by atoms with E-state index in [1.54, 1.807) is 29.1 Å². The zero-order chi connectivity index (χ0) is 14.1. The van der Waals surface area contributed by atoms with E-state index in [9.17, 15) is 4.79 Å². The molecule has 2 aromatic rings. The molecule has 0 unspecified atom stereocenters.